The van der Waals surface area contributed by atoms with Gasteiger partial charge in [0.1, 0.15) is 0 Å². The molecule has 0 aliphatic carbocycles. The van der Waals surface area contributed by atoms with Crippen LogP contribution < -0.4 is 0 Å². The van der Waals surface area contributed by atoms with Gasteiger partial charge in [-0.3, -0.25) is 14.7 Å². The van der Waals surface area contributed by atoms with Gasteiger partial charge in [0.15, 0.2) is 5.69 Å². The third-order valence-corrected chi connectivity index (χ3v) is 5.14. The minimum atomic E-state index is -0.0444. The number of amides is 1. The molecule has 1 fully saturated rings. The zero-order chi connectivity index (χ0) is 19.3. The molecule has 1 amide bonds. The number of benzene rings is 1. The first-order chi connectivity index (χ1) is 13.7. The van der Waals surface area contributed by atoms with Crippen molar-refractivity contribution in [2.24, 2.45) is 0 Å². The highest BCUT2D eigenvalue weighted by atomic mass is 16.2. The van der Waals surface area contributed by atoms with Gasteiger partial charge in [-0.1, -0.05) is 35.5 Å². The fourth-order valence-electron chi connectivity index (χ4n) is 3.46. The molecule has 0 spiro atoms. The van der Waals surface area contributed by atoms with E-state index in [0.717, 1.165) is 19.6 Å². The van der Waals surface area contributed by atoms with E-state index < -0.39 is 0 Å². The molecule has 3 heterocycles. The molecule has 2 aromatic heterocycles. The molecule has 0 atom stereocenters. The standard InChI is InChI=1S/C21H24N6O/c1-17-5-2-3-7-19(17)15-27-16-20(23-24-27)21(28)26-11-9-25(10-12-26)14-18-6-4-8-22-13-18/h2-8,13,16H,9-12,14-15H2,1H3. The van der Waals surface area contributed by atoms with Crippen LogP contribution in [0.3, 0.4) is 0 Å². The van der Waals surface area contributed by atoms with E-state index in [2.05, 4.69) is 45.3 Å². The van der Waals surface area contributed by atoms with E-state index >= 15 is 0 Å². The fraction of sp³-hybridized carbons (Fsp3) is 0.333. The molecular formula is C21H24N6O. The van der Waals surface area contributed by atoms with Gasteiger partial charge >= 0.3 is 0 Å². The van der Waals surface area contributed by atoms with Gasteiger partial charge in [-0.05, 0) is 29.7 Å². The Kier molecular flexibility index (Phi) is 5.43. The van der Waals surface area contributed by atoms with E-state index in [4.69, 9.17) is 0 Å². The van der Waals surface area contributed by atoms with E-state index in [1.54, 1.807) is 17.1 Å². The molecule has 28 heavy (non-hydrogen) atoms. The van der Waals surface area contributed by atoms with Crippen LogP contribution in [0, 0.1) is 6.92 Å². The van der Waals surface area contributed by atoms with E-state index in [1.165, 1.54) is 16.7 Å². The lowest BCUT2D eigenvalue weighted by atomic mass is 10.1. The number of piperazine rings is 1. The van der Waals surface area contributed by atoms with Crippen LogP contribution in [0.2, 0.25) is 0 Å². The number of aromatic nitrogens is 4. The Balaban J connectivity index is 1.33. The molecular weight excluding hydrogens is 352 g/mol. The second-order valence-electron chi connectivity index (χ2n) is 7.16. The number of hydrogen-bond donors (Lipinski definition) is 0. The zero-order valence-corrected chi connectivity index (χ0v) is 16.0. The average molecular weight is 376 g/mol. The number of aryl methyl sites for hydroxylation is 1. The van der Waals surface area contributed by atoms with Crippen LogP contribution >= 0.6 is 0 Å². The number of nitrogens with zero attached hydrogens (tertiary/aromatic N) is 6. The van der Waals surface area contributed by atoms with Gasteiger partial charge < -0.3 is 4.90 Å². The van der Waals surface area contributed by atoms with Crippen molar-refractivity contribution in [1.29, 1.82) is 0 Å². The van der Waals surface area contributed by atoms with Gasteiger partial charge in [-0.2, -0.15) is 0 Å². The predicted octanol–water partition coefficient (Wildman–Crippen LogP) is 1.99. The molecule has 7 nitrogen and oxygen atoms in total. The average Bonchev–Trinajstić information content (AvgIpc) is 3.19. The lowest BCUT2D eigenvalue weighted by Gasteiger charge is -2.34. The van der Waals surface area contributed by atoms with Gasteiger partial charge in [0.05, 0.1) is 12.7 Å². The van der Waals surface area contributed by atoms with Gasteiger partial charge in [-0.15, -0.1) is 5.10 Å². The van der Waals surface area contributed by atoms with E-state index in [0.29, 0.717) is 25.3 Å². The van der Waals surface area contributed by atoms with Crippen LogP contribution in [0.25, 0.3) is 0 Å². The Morgan fingerprint density at radius 2 is 1.86 bits per heavy atom. The summed E-state index contributed by atoms with van der Waals surface area (Å²) in [6.45, 7) is 6.64. The Labute approximate surface area is 164 Å². The molecule has 4 rings (SSSR count). The van der Waals surface area contributed by atoms with Crippen molar-refractivity contribution >= 4 is 5.91 Å². The molecule has 0 N–H and O–H groups in total. The number of rotatable bonds is 5. The Hall–Kier alpha value is -3.06. The maximum Gasteiger partial charge on any atom is 0.276 e. The molecule has 144 valence electrons. The summed E-state index contributed by atoms with van der Waals surface area (Å²) in [4.78, 5) is 21.1. The van der Waals surface area contributed by atoms with Crippen molar-refractivity contribution in [1.82, 2.24) is 29.8 Å². The Bertz CT molecular complexity index is 931. The van der Waals surface area contributed by atoms with Crippen LogP contribution in [0.4, 0.5) is 0 Å². The van der Waals surface area contributed by atoms with Crippen molar-refractivity contribution in [3.05, 3.63) is 77.4 Å². The SMILES string of the molecule is Cc1ccccc1Cn1cc(C(=O)N2CCN(Cc3cccnc3)CC2)nn1. The third-order valence-electron chi connectivity index (χ3n) is 5.14. The quantitative estimate of drug-likeness (QED) is 0.681. The Morgan fingerprint density at radius 1 is 1.04 bits per heavy atom. The maximum atomic E-state index is 12.8. The molecule has 1 aromatic carbocycles. The fourth-order valence-corrected chi connectivity index (χ4v) is 3.46. The predicted molar refractivity (Wildman–Crippen MR) is 106 cm³/mol. The second kappa shape index (κ2) is 8.31. The molecule has 0 radical (unpaired) electrons. The lowest BCUT2D eigenvalue weighted by Crippen LogP contribution is -2.48. The first-order valence-electron chi connectivity index (χ1n) is 9.54. The molecule has 0 saturated carbocycles. The summed E-state index contributed by atoms with van der Waals surface area (Å²) in [7, 11) is 0. The van der Waals surface area contributed by atoms with Crippen LogP contribution in [0.5, 0.6) is 0 Å². The topological polar surface area (TPSA) is 67.2 Å². The summed E-state index contributed by atoms with van der Waals surface area (Å²) >= 11 is 0. The van der Waals surface area contributed by atoms with Crippen molar-refractivity contribution in [3.63, 3.8) is 0 Å². The number of carbonyl (C=O) groups excluding carboxylic acids is 1. The maximum absolute atomic E-state index is 12.8. The van der Waals surface area contributed by atoms with Gasteiger partial charge in [-0.25, -0.2) is 4.68 Å². The molecule has 0 bridgehead atoms. The normalized spacial score (nSPS) is 15.0. The van der Waals surface area contributed by atoms with Crippen molar-refractivity contribution < 1.29 is 4.79 Å². The highest BCUT2D eigenvalue weighted by Crippen LogP contribution is 2.12. The summed E-state index contributed by atoms with van der Waals surface area (Å²) in [6, 6.07) is 12.2. The zero-order valence-electron chi connectivity index (χ0n) is 16.0. The minimum Gasteiger partial charge on any atom is -0.335 e. The summed E-state index contributed by atoms with van der Waals surface area (Å²) in [5, 5.41) is 8.24. The summed E-state index contributed by atoms with van der Waals surface area (Å²) in [5.74, 6) is -0.0444. The van der Waals surface area contributed by atoms with Gasteiger partial charge in [0.25, 0.3) is 5.91 Å². The number of hydrogen-bond acceptors (Lipinski definition) is 5. The summed E-state index contributed by atoms with van der Waals surface area (Å²) < 4.78 is 1.73. The largest absolute Gasteiger partial charge is 0.335 e. The highest BCUT2D eigenvalue weighted by molar-refractivity contribution is 5.92. The van der Waals surface area contributed by atoms with Gasteiger partial charge in [0.2, 0.25) is 0 Å². The van der Waals surface area contributed by atoms with E-state index in [9.17, 15) is 4.79 Å². The monoisotopic (exact) mass is 376 g/mol. The summed E-state index contributed by atoms with van der Waals surface area (Å²) in [5.41, 5.74) is 3.99. The molecule has 1 aliphatic rings. The smallest absolute Gasteiger partial charge is 0.276 e. The molecule has 7 heteroatoms. The molecule has 1 aliphatic heterocycles. The van der Waals surface area contributed by atoms with Crippen LogP contribution in [0.15, 0.2) is 55.0 Å². The minimum absolute atomic E-state index is 0.0444. The molecule has 1 saturated heterocycles. The first kappa shape index (κ1) is 18.3. The molecule has 0 unspecified atom stereocenters. The van der Waals surface area contributed by atoms with Crippen LogP contribution in [-0.2, 0) is 13.1 Å². The van der Waals surface area contributed by atoms with Crippen molar-refractivity contribution in [3.8, 4) is 0 Å². The lowest BCUT2D eigenvalue weighted by molar-refractivity contribution is 0.0622. The van der Waals surface area contributed by atoms with Crippen LogP contribution in [-0.4, -0.2) is 61.9 Å². The van der Waals surface area contributed by atoms with Crippen molar-refractivity contribution in [2.45, 2.75) is 20.0 Å². The van der Waals surface area contributed by atoms with E-state index in [1.807, 2.05) is 29.3 Å². The van der Waals surface area contributed by atoms with Gasteiger partial charge in [0, 0.05) is 45.1 Å². The number of carbonyl (C=O) groups is 1. The second-order valence-corrected chi connectivity index (χ2v) is 7.16. The molecule has 3 aromatic rings. The van der Waals surface area contributed by atoms with Crippen LogP contribution in [0.1, 0.15) is 27.2 Å². The summed E-state index contributed by atoms with van der Waals surface area (Å²) in [6.07, 6.45) is 5.42. The third kappa shape index (κ3) is 4.26. The van der Waals surface area contributed by atoms with Crippen molar-refractivity contribution in [2.75, 3.05) is 26.2 Å². The number of pyridine rings is 1. The first-order valence-corrected chi connectivity index (χ1v) is 9.54. The van der Waals surface area contributed by atoms with E-state index in [-0.39, 0.29) is 5.91 Å². The Morgan fingerprint density at radius 3 is 2.61 bits per heavy atom. The highest BCUT2D eigenvalue weighted by Gasteiger charge is 2.24.